The molecule has 3 rings (SSSR count). The Bertz CT molecular complexity index is 664. The van der Waals surface area contributed by atoms with E-state index in [1.54, 1.807) is 0 Å². The summed E-state index contributed by atoms with van der Waals surface area (Å²) in [4.78, 5) is 48.4. The molecule has 0 aromatic rings. The molecule has 0 aromatic heterocycles. The molecule has 10 heteroatoms. The van der Waals surface area contributed by atoms with Crippen molar-refractivity contribution in [2.45, 2.75) is 27.2 Å². The second-order valence-electron chi connectivity index (χ2n) is 8.95. The van der Waals surface area contributed by atoms with E-state index in [9.17, 15) is 14.4 Å². The molecule has 0 spiro atoms. The van der Waals surface area contributed by atoms with Crippen LogP contribution in [0.1, 0.15) is 27.2 Å². The van der Waals surface area contributed by atoms with E-state index in [4.69, 9.17) is 0 Å². The number of carbonyl (C=O) groups is 3. The number of likely N-dealkylation sites (tertiary alicyclic amines) is 1. The number of piperidine rings is 1. The molecule has 0 aliphatic carbocycles. The van der Waals surface area contributed by atoms with Gasteiger partial charge >= 0.3 is 6.03 Å². The second kappa shape index (κ2) is 10.8. The Kier molecular flexibility index (Phi) is 8.11. The van der Waals surface area contributed by atoms with Crippen molar-refractivity contribution in [3.63, 3.8) is 0 Å². The molecular formula is C21H37N7O3. The summed E-state index contributed by atoms with van der Waals surface area (Å²) in [6.07, 6.45) is 1.20. The van der Waals surface area contributed by atoms with Gasteiger partial charge in [-0.1, -0.05) is 13.8 Å². The molecule has 0 aromatic carbocycles. The van der Waals surface area contributed by atoms with Crippen LogP contribution in [0.2, 0.25) is 0 Å². The second-order valence-corrected chi connectivity index (χ2v) is 8.95. The maximum absolute atomic E-state index is 12.8. The fraction of sp³-hybridized carbons (Fsp3) is 0.810. The predicted octanol–water partition coefficient (Wildman–Crippen LogP) is -0.374. The van der Waals surface area contributed by atoms with E-state index < -0.39 is 0 Å². The SMILES string of the molecule is CCNC(=NCCN1C(=O)CNC1=O)N1CCN(CC(=O)N2CC(C)CC(C)C2)CC1. The molecule has 0 bridgehead atoms. The summed E-state index contributed by atoms with van der Waals surface area (Å²) in [6.45, 7) is 13.3. The Balaban J connectivity index is 1.46. The first-order valence-electron chi connectivity index (χ1n) is 11.5. The third kappa shape index (κ3) is 6.32. The molecule has 10 nitrogen and oxygen atoms in total. The summed E-state index contributed by atoms with van der Waals surface area (Å²) < 4.78 is 0. The zero-order valence-electron chi connectivity index (χ0n) is 19.1. The minimum absolute atomic E-state index is 0.0680. The standard InChI is InChI=1S/C21H37N7O3/c1-4-22-20(23-5-6-28-18(29)12-24-21(28)31)26-9-7-25(8-10-26)15-19(30)27-13-16(2)11-17(3)14-27/h16-17H,4-15H2,1-3H3,(H,22,23)(H,24,31). The summed E-state index contributed by atoms with van der Waals surface area (Å²) >= 11 is 0. The molecule has 3 aliphatic rings. The first kappa shape index (κ1) is 23.3. The maximum Gasteiger partial charge on any atom is 0.324 e. The van der Waals surface area contributed by atoms with Gasteiger partial charge in [0.05, 0.1) is 26.2 Å². The molecular weight excluding hydrogens is 398 g/mol. The van der Waals surface area contributed by atoms with Crippen molar-refractivity contribution in [2.75, 3.05) is 72.0 Å². The Labute approximate surface area is 185 Å². The van der Waals surface area contributed by atoms with Crippen LogP contribution >= 0.6 is 0 Å². The number of hydrogen-bond acceptors (Lipinski definition) is 5. The summed E-state index contributed by atoms with van der Waals surface area (Å²) in [7, 11) is 0. The lowest BCUT2D eigenvalue weighted by atomic mass is 9.92. The van der Waals surface area contributed by atoms with Gasteiger partial charge in [0.25, 0.3) is 0 Å². The Morgan fingerprint density at radius 1 is 1.10 bits per heavy atom. The highest BCUT2D eigenvalue weighted by molar-refractivity contribution is 6.01. The van der Waals surface area contributed by atoms with Crippen LogP contribution in [0, 0.1) is 11.8 Å². The summed E-state index contributed by atoms with van der Waals surface area (Å²) in [5, 5.41) is 5.82. The number of aliphatic imine (C=N–C) groups is 1. The number of guanidine groups is 1. The number of rotatable bonds is 6. The van der Waals surface area contributed by atoms with E-state index in [0.717, 1.165) is 51.8 Å². The number of carbonyl (C=O) groups excluding carboxylic acids is 3. The van der Waals surface area contributed by atoms with Crippen LogP contribution in [0.3, 0.4) is 0 Å². The molecule has 3 aliphatic heterocycles. The zero-order valence-corrected chi connectivity index (χ0v) is 19.1. The van der Waals surface area contributed by atoms with E-state index in [1.807, 2.05) is 11.8 Å². The number of piperazine rings is 1. The zero-order chi connectivity index (χ0) is 22.4. The largest absolute Gasteiger partial charge is 0.357 e. The Morgan fingerprint density at radius 3 is 2.35 bits per heavy atom. The summed E-state index contributed by atoms with van der Waals surface area (Å²) in [5.41, 5.74) is 0. The molecule has 174 valence electrons. The minimum Gasteiger partial charge on any atom is -0.357 e. The van der Waals surface area contributed by atoms with Crippen LogP contribution < -0.4 is 10.6 Å². The van der Waals surface area contributed by atoms with Gasteiger partial charge in [0.2, 0.25) is 11.8 Å². The lowest BCUT2D eigenvalue weighted by Crippen LogP contribution is -2.55. The number of imide groups is 1. The smallest absolute Gasteiger partial charge is 0.324 e. The van der Waals surface area contributed by atoms with Crippen molar-refractivity contribution >= 4 is 23.8 Å². The molecule has 31 heavy (non-hydrogen) atoms. The van der Waals surface area contributed by atoms with E-state index >= 15 is 0 Å². The normalized spacial score (nSPS) is 25.8. The van der Waals surface area contributed by atoms with Crippen molar-refractivity contribution in [1.82, 2.24) is 30.2 Å². The summed E-state index contributed by atoms with van der Waals surface area (Å²) in [5.74, 6) is 1.97. The van der Waals surface area contributed by atoms with Gasteiger partial charge in [-0.15, -0.1) is 0 Å². The molecule has 3 heterocycles. The highest BCUT2D eigenvalue weighted by atomic mass is 16.2. The maximum atomic E-state index is 12.8. The molecule has 0 radical (unpaired) electrons. The van der Waals surface area contributed by atoms with Crippen molar-refractivity contribution in [3.05, 3.63) is 0 Å². The third-order valence-corrected chi connectivity index (χ3v) is 6.11. The van der Waals surface area contributed by atoms with Crippen LogP contribution in [0.5, 0.6) is 0 Å². The average Bonchev–Trinajstić information content (AvgIpc) is 3.05. The molecule has 0 saturated carbocycles. The lowest BCUT2D eigenvalue weighted by Gasteiger charge is -2.39. The highest BCUT2D eigenvalue weighted by Crippen LogP contribution is 2.21. The Morgan fingerprint density at radius 2 is 1.77 bits per heavy atom. The lowest BCUT2D eigenvalue weighted by molar-refractivity contribution is -0.135. The monoisotopic (exact) mass is 435 g/mol. The molecule has 2 N–H and O–H groups in total. The highest BCUT2D eigenvalue weighted by Gasteiger charge is 2.29. The van der Waals surface area contributed by atoms with Crippen molar-refractivity contribution in [2.24, 2.45) is 16.8 Å². The van der Waals surface area contributed by atoms with E-state index in [1.165, 1.54) is 11.3 Å². The third-order valence-electron chi connectivity index (χ3n) is 6.11. The average molecular weight is 436 g/mol. The van der Waals surface area contributed by atoms with Gasteiger partial charge in [-0.05, 0) is 25.2 Å². The van der Waals surface area contributed by atoms with Crippen LogP contribution in [0.15, 0.2) is 4.99 Å². The first-order valence-corrected chi connectivity index (χ1v) is 11.5. The molecule has 3 saturated heterocycles. The number of hydrogen-bond donors (Lipinski definition) is 2. The summed E-state index contributed by atoms with van der Waals surface area (Å²) in [6, 6.07) is -0.346. The van der Waals surface area contributed by atoms with Crippen LogP contribution in [0.4, 0.5) is 4.79 Å². The van der Waals surface area contributed by atoms with Gasteiger partial charge in [0.15, 0.2) is 5.96 Å². The first-order chi connectivity index (χ1) is 14.9. The van der Waals surface area contributed by atoms with Crippen LogP contribution in [-0.2, 0) is 9.59 Å². The number of nitrogens with zero attached hydrogens (tertiary/aromatic N) is 5. The van der Waals surface area contributed by atoms with Crippen LogP contribution in [-0.4, -0.2) is 115 Å². The van der Waals surface area contributed by atoms with E-state index in [2.05, 4.69) is 39.3 Å². The van der Waals surface area contributed by atoms with Gasteiger partial charge in [0, 0.05) is 45.8 Å². The van der Waals surface area contributed by atoms with Gasteiger partial charge in [-0.2, -0.15) is 0 Å². The van der Waals surface area contributed by atoms with Crippen molar-refractivity contribution in [3.8, 4) is 0 Å². The van der Waals surface area contributed by atoms with Gasteiger partial charge in [0.1, 0.15) is 0 Å². The topological polar surface area (TPSA) is 101 Å². The van der Waals surface area contributed by atoms with Crippen LogP contribution in [0.25, 0.3) is 0 Å². The van der Waals surface area contributed by atoms with Gasteiger partial charge < -0.3 is 20.4 Å². The van der Waals surface area contributed by atoms with Gasteiger partial charge in [-0.3, -0.25) is 24.4 Å². The number of nitrogens with one attached hydrogen (secondary N) is 2. The number of urea groups is 1. The molecule has 3 fully saturated rings. The molecule has 2 unspecified atom stereocenters. The van der Waals surface area contributed by atoms with Crippen molar-refractivity contribution in [1.29, 1.82) is 0 Å². The quantitative estimate of drug-likeness (QED) is 0.335. The van der Waals surface area contributed by atoms with Gasteiger partial charge in [-0.25, -0.2) is 4.79 Å². The fourth-order valence-corrected chi connectivity index (χ4v) is 4.64. The van der Waals surface area contributed by atoms with Crippen molar-refractivity contribution < 1.29 is 14.4 Å². The molecule has 2 atom stereocenters. The number of amides is 4. The van der Waals surface area contributed by atoms with E-state index in [0.29, 0.717) is 24.9 Å². The van der Waals surface area contributed by atoms with E-state index in [-0.39, 0.29) is 30.9 Å². The molecule has 4 amide bonds. The minimum atomic E-state index is -0.346. The fourth-order valence-electron chi connectivity index (χ4n) is 4.64. The predicted molar refractivity (Wildman–Crippen MR) is 119 cm³/mol. The Hall–Kier alpha value is -2.36.